The molecule has 4 rings (SSSR count). The minimum absolute atomic E-state index is 0.424. The zero-order chi connectivity index (χ0) is 19.0. The number of hydrogen-bond acceptors (Lipinski definition) is 4. The van der Waals surface area contributed by atoms with E-state index >= 15 is 0 Å². The summed E-state index contributed by atoms with van der Waals surface area (Å²) in [7, 11) is 1.57. The van der Waals surface area contributed by atoms with E-state index < -0.39 is 23.1 Å². The Hall–Kier alpha value is -2.87. The zero-order valence-corrected chi connectivity index (χ0v) is 15.1. The molecule has 1 aromatic heterocycles. The van der Waals surface area contributed by atoms with E-state index in [-0.39, 0.29) is 0 Å². The molecule has 0 unspecified atom stereocenters. The molecule has 27 heavy (non-hydrogen) atoms. The second kappa shape index (κ2) is 7.03. The summed E-state index contributed by atoms with van der Waals surface area (Å²) in [5, 5.41) is 7.21. The Bertz CT molecular complexity index is 998. The number of fused-ring (bicyclic) bond motifs is 1. The van der Waals surface area contributed by atoms with Crippen LogP contribution in [0.25, 0.3) is 5.69 Å². The van der Waals surface area contributed by atoms with Crippen LogP contribution in [0, 0.1) is 11.6 Å². The Morgan fingerprint density at radius 3 is 2.52 bits per heavy atom. The van der Waals surface area contributed by atoms with E-state index in [4.69, 9.17) is 4.74 Å². The third-order valence-corrected chi connectivity index (χ3v) is 5.26. The summed E-state index contributed by atoms with van der Waals surface area (Å²) in [6, 6.07) is 10.5. The summed E-state index contributed by atoms with van der Waals surface area (Å²) >= 11 is 1.67. The fourth-order valence-corrected chi connectivity index (χ4v) is 3.97. The van der Waals surface area contributed by atoms with Crippen LogP contribution < -0.4 is 10.1 Å². The molecule has 1 aliphatic heterocycles. The Morgan fingerprint density at radius 1 is 1.15 bits per heavy atom. The van der Waals surface area contributed by atoms with Crippen LogP contribution >= 0.6 is 11.8 Å². The number of nitrogens with one attached hydrogen (secondary N) is 1. The molecule has 0 atom stereocenters. The van der Waals surface area contributed by atoms with Gasteiger partial charge in [0.05, 0.1) is 18.5 Å². The molecule has 0 spiro atoms. The number of amides is 1. The Kier molecular flexibility index (Phi) is 4.57. The molecule has 1 aliphatic rings. The number of rotatable bonds is 4. The Morgan fingerprint density at radius 2 is 1.85 bits per heavy atom. The molecule has 0 aliphatic carbocycles. The van der Waals surface area contributed by atoms with Crippen LogP contribution in [0.4, 0.5) is 14.6 Å². The van der Waals surface area contributed by atoms with Crippen LogP contribution in [0.2, 0.25) is 0 Å². The first-order valence-corrected chi connectivity index (χ1v) is 9.32. The van der Waals surface area contributed by atoms with E-state index in [0.717, 1.165) is 29.1 Å². The minimum Gasteiger partial charge on any atom is -0.497 e. The molecule has 8 heteroatoms. The van der Waals surface area contributed by atoms with E-state index in [1.165, 1.54) is 6.07 Å². The monoisotopic (exact) mass is 387 g/mol. The van der Waals surface area contributed by atoms with Crippen molar-refractivity contribution in [3.8, 4) is 11.4 Å². The number of carbonyl (C=O) groups excluding carboxylic acids is 1. The average molecular weight is 387 g/mol. The van der Waals surface area contributed by atoms with Crippen molar-refractivity contribution in [2.75, 3.05) is 12.4 Å². The van der Waals surface area contributed by atoms with Gasteiger partial charge in [-0.05, 0) is 36.4 Å². The maximum atomic E-state index is 14.0. The number of carbonyl (C=O) groups is 1. The van der Waals surface area contributed by atoms with E-state index in [0.29, 0.717) is 23.0 Å². The molecule has 5 nitrogen and oxygen atoms in total. The molecule has 3 aromatic rings. The number of hydrogen-bond donors (Lipinski definition) is 1. The van der Waals surface area contributed by atoms with E-state index in [9.17, 15) is 13.6 Å². The molecular formula is C19H15F2N3O2S. The zero-order valence-electron chi connectivity index (χ0n) is 14.3. The van der Waals surface area contributed by atoms with Crippen LogP contribution in [-0.2, 0) is 11.5 Å². The number of halogens is 2. The summed E-state index contributed by atoms with van der Waals surface area (Å²) in [6.07, 6.45) is 0. The number of nitrogens with zero attached hydrogens (tertiary/aromatic N) is 2. The van der Waals surface area contributed by atoms with Crippen molar-refractivity contribution in [2.24, 2.45) is 0 Å². The first kappa shape index (κ1) is 17.5. The van der Waals surface area contributed by atoms with Crippen molar-refractivity contribution in [3.05, 3.63) is 70.9 Å². The molecule has 0 saturated heterocycles. The molecule has 2 aromatic carbocycles. The SMILES string of the molecule is COc1ccc(-n2nc3c(c2NC(=O)c2c(F)cccc2F)CSC3)cc1. The highest BCUT2D eigenvalue weighted by molar-refractivity contribution is 7.98. The average Bonchev–Trinajstić information content (AvgIpc) is 3.24. The number of ether oxygens (including phenoxy) is 1. The first-order valence-electron chi connectivity index (χ1n) is 8.17. The highest BCUT2D eigenvalue weighted by Crippen LogP contribution is 2.36. The Labute approximate surface area is 158 Å². The first-order chi connectivity index (χ1) is 13.1. The molecule has 1 amide bonds. The Balaban J connectivity index is 1.74. The number of thioether (sulfide) groups is 1. The van der Waals surface area contributed by atoms with Gasteiger partial charge in [-0.15, -0.1) is 0 Å². The maximum absolute atomic E-state index is 14.0. The third kappa shape index (κ3) is 3.16. The van der Waals surface area contributed by atoms with Gasteiger partial charge < -0.3 is 10.1 Å². The van der Waals surface area contributed by atoms with Crippen LogP contribution in [0.5, 0.6) is 5.75 Å². The summed E-state index contributed by atoms with van der Waals surface area (Å²) in [4.78, 5) is 12.6. The maximum Gasteiger partial charge on any atom is 0.262 e. The van der Waals surface area contributed by atoms with Crippen molar-refractivity contribution in [2.45, 2.75) is 11.5 Å². The van der Waals surface area contributed by atoms with E-state index in [2.05, 4.69) is 10.4 Å². The second-order valence-electron chi connectivity index (χ2n) is 5.93. The number of anilines is 1. The summed E-state index contributed by atoms with van der Waals surface area (Å²) < 4.78 is 34.7. The van der Waals surface area contributed by atoms with Gasteiger partial charge in [-0.3, -0.25) is 4.79 Å². The lowest BCUT2D eigenvalue weighted by Gasteiger charge is -2.12. The molecule has 138 valence electrons. The van der Waals surface area contributed by atoms with Crippen molar-refractivity contribution in [3.63, 3.8) is 0 Å². The summed E-state index contributed by atoms with van der Waals surface area (Å²) in [5.41, 5.74) is 1.81. The molecule has 0 saturated carbocycles. The van der Waals surface area contributed by atoms with Crippen LogP contribution in [0.15, 0.2) is 42.5 Å². The van der Waals surface area contributed by atoms with Crippen LogP contribution in [-0.4, -0.2) is 22.8 Å². The highest BCUT2D eigenvalue weighted by Gasteiger charge is 2.26. The van der Waals surface area contributed by atoms with E-state index in [1.54, 1.807) is 47.8 Å². The predicted molar refractivity (Wildman–Crippen MR) is 99.4 cm³/mol. The minimum atomic E-state index is -0.908. The normalized spacial score (nSPS) is 12.7. The fourth-order valence-electron chi connectivity index (χ4n) is 2.94. The largest absolute Gasteiger partial charge is 0.497 e. The highest BCUT2D eigenvalue weighted by atomic mass is 32.2. The topological polar surface area (TPSA) is 56.1 Å². The van der Waals surface area contributed by atoms with Gasteiger partial charge in [0.25, 0.3) is 5.91 Å². The lowest BCUT2D eigenvalue weighted by atomic mass is 10.1. The van der Waals surface area contributed by atoms with Crippen LogP contribution in [0.1, 0.15) is 21.6 Å². The number of aromatic nitrogens is 2. The smallest absolute Gasteiger partial charge is 0.262 e. The molecule has 0 radical (unpaired) electrons. The lowest BCUT2D eigenvalue weighted by molar-refractivity contribution is 0.101. The fraction of sp³-hybridized carbons (Fsp3) is 0.158. The van der Waals surface area contributed by atoms with Crippen LogP contribution in [0.3, 0.4) is 0 Å². The van der Waals surface area contributed by atoms with Gasteiger partial charge in [-0.25, -0.2) is 13.5 Å². The van der Waals surface area contributed by atoms with Gasteiger partial charge in [0.1, 0.15) is 28.8 Å². The molecule has 0 fully saturated rings. The molecular weight excluding hydrogens is 372 g/mol. The standard InChI is InChI=1S/C19H15F2N3O2S/c1-26-12-7-5-11(6-8-12)24-18(13-9-27-10-16(13)23-24)22-19(25)17-14(20)3-2-4-15(17)21/h2-8H,9-10H2,1H3,(H,22,25). The molecule has 0 bridgehead atoms. The van der Waals surface area contributed by atoms with Gasteiger partial charge in [0.15, 0.2) is 0 Å². The quantitative estimate of drug-likeness (QED) is 0.730. The number of methoxy groups -OCH3 is 1. The third-order valence-electron chi connectivity index (χ3n) is 4.29. The molecule has 2 heterocycles. The molecule has 1 N–H and O–H groups in total. The van der Waals surface area contributed by atoms with Gasteiger partial charge in [-0.1, -0.05) is 6.07 Å². The lowest BCUT2D eigenvalue weighted by Crippen LogP contribution is -2.19. The second-order valence-corrected chi connectivity index (χ2v) is 6.91. The van der Waals surface area contributed by atoms with Crippen molar-refractivity contribution >= 4 is 23.5 Å². The van der Waals surface area contributed by atoms with Crippen molar-refractivity contribution in [1.82, 2.24) is 9.78 Å². The van der Waals surface area contributed by atoms with Gasteiger partial charge >= 0.3 is 0 Å². The van der Waals surface area contributed by atoms with Gasteiger partial charge in [0.2, 0.25) is 0 Å². The predicted octanol–water partition coefficient (Wildman–Crippen LogP) is 4.16. The van der Waals surface area contributed by atoms with Crippen molar-refractivity contribution < 1.29 is 18.3 Å². The van der Waals surface area contributed by atoms with Crippen molar-refractivity contribution in [1.29, 1.82) is 0 Å². The van der Waals surface area contributed by atoms with E-state index in [1.807, 2.05) is 0 Å². The summed E-state index contributed by atoms with van der Waals surface area (Å²) in [5.74, 6) is -0.167. The van der Waals surface area contributed by atoms with Gasteiger partial charge in [-0.2, -0.15) is 16.9 Å². The van der Waals surface area contributed by atoms with Gasteiger partial charge in [0, 0.05) is 17.1 Å². The summed E-state index contributed by atoms with van der Waals surface area (Å²) in [6.45, 7) is 0. The number of benzene rings is 2.